The highest BCUT2D eigenvalue weighted by Crippen LogP contribution is 2.25. The Morgan fingerprint density at radius 3 is 2.53 bits per heavy atom. The van der Waals surface area contributed by atoms with Crippen molar-refractivity contribution in [1.29, 1.82) is 10.5 Å². The van der Waals surface area contributed by atoms with E-state index in [1.165, 1.54) is 16.4 Å². The van der Waals surface area contributed by atoms with Crippen LogP contribution in [-0.2, 0) is 16.4 Å². The molecule has 5 nitrogen and oxygen atoms in total. The number of hydrogen-bond donors (Lipinski definition) is 0. The van der Waals surface area contributed by atoms with Crippen molar-refractivity contribution >= 4 is 10.0 Å². The third-order valence-electron chi connectivity index (χ3n) is 3.17. The van der Waals surface area contributed by atoms with E-state index >= 15 is 0 Å². The van der Waals surface area contributed by atoms with Gasteiger partial charge in [-0.25, -0.2) is 8.42 Å². The van der Waals surface area contributed by atoms with Crippen molar-refractivity contribution in [2.24, 2.45) is 0 Å². The first-order valence-electron chi connectivity index (χ1n) is 5.97. The lowest BCUT2D eigenvalue weighted by Crippen LogP contribution is -2.34. The van der Waals surface area contributed by atoms with Crippen LogP contribution >= 0.6 is 0 Å². The first-order chi connectivity index (χ1) is 9.09. The third kappa shape index (κ3) is 2.60. The monoisotopic (exact) mass is 275 g/mol. The Hall–Kier alpha value is -1.89. The molecule has 0 saturated carbocycles. The van der Waals surface area contributed by atoms with E-state index < -0.39 is 16.1 Å². The number of rotatable bonds is 3. The van der Waals surface area contributed by atoms with Crippen molar-refractivity contribution in [3.05, 3.63) is 29.8 Å². The van der Waals surface area contributed by atoms with E-state index in [4.69, 9.17) is 10.5 Å². The van der Waals surface area contributed by atoms with Gasteiger partial charge in [0.25, 0.3) is 0 Å². The third-order valence-corrected chi connectivity index (χ3v) is 5.09. The molecule has 19 heavy (non-hydrogen) atoms. The summed E-state index contributed by atoms with van der Waals surface area (Å²) >= 11 is 0. The summed E-state index contributed by atoms with van der Waals surface area (Å²) in [5.41, 5.74) is 0.778. The fourth-order valence-electron chi connectivity index (χ4n) is 2.16. The fourth-order valence-corrected chi connectivity index (χ4v) is 3.77. The van der Waals surface area contributed by atoms with Gasteiger partial charge in [-0.2, -0.15) is 14.8 Å². The molecule has 1 fully saturated rings. The van der Waals surface area contributed by atoms with Crippen LogP contribution in [0.4, 0.5) is 0 Å². The summed E-state index contributed by atoms with van der Waals surface area (Å²) < 4.78 is 26.0. The van der Waals surface area contributed by atoms with Gasteiger partial charge in [-0.1, -0.05) is 12.1 Å². The van der Waals surface area contributed by atoms with Crippen molar-refractivity contribution in [3.63, 3.8) is 0 Å². The van der Waals surface area contributed by atoms with Crippen LogP contribution in [0.2, 0.25) is 0 Å². The molecule has 0 bridgehead atoms. The first kappa shape index (κ1) is 13.5. The molecule has 0 aliphatic carbocycles. The molecular formula is C13H13N3O2S. The van der Waals surface area contributed by atoms with Crippen molar-refractivity contribution < 1.29 is 8.42 Å². The van der Waals surface area contributed by atoms with Crippen LogP contribution in [-0.4, -0.2) is 25.3 Å². The minimum absolute atomic E-state index is 0.177. The van der Waals surface area contributed by atoms with E-state index in [-0.39, 0.29) is 11.3 Å². The lowest BCUT2D eigenvalue weighted by atomic mass is 10.2. The number of hydrogen-bond acceptors (Lipinski definition) is 4. The predicted molar refractivity (Wildman–Crippen MR) is 68.3 cm³/mol. The fraction of sp³-hybridized carbons (Fsp3) is 0.385. The Kier molecular flexibility index (Phi) is 3.84. The molecule has 6 heteroatoms. The van der Waals surface area contributed by atoms with Crippen molar-refractivity contribution in [2.75, 3.05) is 6.54 Å². The average molecular weight is 275 g/mol. The molecule has 1 aromatic carbocycles. The Morgan fingerprint density at radius 1 is 1.26 bits per heavy atom. The standard InChI is InChI=1S/C13H13N3O2S/c14-8-7-11-3-5-13(6-4-11)19(17,18)16-9-1-2-12(16)10-15/h3-6,12H,1-2,7,9H2. The van der Waals surface area contributed by atoms with Gasteiger partial charge in [-0.05, 0) is 30.5 Å². The Balaban J connectivity index is 2.30. The normalized spacial score (nSPS) is 19.8. The summed E-state index contributed by atoms with van der Waals surface area (Å²) in [4.78, 5) is 0.177. The molecule has 1 aliphatic rings. The molecule has 1 heterocycles. The Morgan fingerprint density at radius 2 is 1.95 bits per heavy atom. The highest BCUT2D eigenvalue weighted by Gasteiger charge is 2.35. The van der Waals surface area contributed by atoms with Crippen LogP contribution < -0.4 is 0 Å². The summed E-state index contributed by atoms with van der Waals surface area (Å²) in [5.74, 6) is 0. The summed E-state index contributed by atoms with van der Waals surface area (Å²) in [6.07, 6.45) is 1.55. The van der Waals surface area contributed by atoms with Crippen LogP contribution in [0.15, 0.2) is 29.2 Å². The Labute approximate surface area is 112 Å². The van der Waals surface area contributed by atoms with E-state index in [0.29, 0.717) is 19.4 Å². The molecule has 0 aromatic heterocycles. The van der Waals surface area contributed by atoms with Gasteiger partial charge in [-0.3, -0.25) is 0 Å². The maximum absolute atomic E-state index is 12.4. The molecule has 2 rings (SSSR count). The van der Waals surface area contributed by atoms with Crippen LogP contribution in [0.1, 0.15) is 18.4 Å². The van der Waals surface area contributed by atoms with Gasteiger partial charge in [0, 0.05) is 6.54 Å². The largest absolute Gasteiger partial charge is 0.244 e. The molecule has 1 unspecified atom stereocenters. The van der Waals surface area contributed by atoms with Gasteiger partial charge in [0.1, 0.15) is 6.04 Å². The molecule has 1 aliphatic heterocycles. The molecule has 0 radical (unpaired) electrons. The quantitative estimate of drug-likeness (QED) is 0.835. The minimum Gasteiger partial charge on any atom is -0.207 e. The summed E-state index contributed by atoms with van der Waals surface area (Å²) in [6, 6.07) is 9.72. The number of nitriles is 2. The SMILES string of the molecule is N#CCc1ccc(S(=O)(=O)N2CCCC2C#N)cc1. The molecule has 0 spiro atoms. The van der Waals surface area contributed by atoms with Crippen LogP contribution in [0.5, 0.6) is 0 Å². The van der Waals surface area contributed by atoms with Gasteiger partial charge >= 0.3 is 0 Å². The van der Waals surface area contributed by atoms with Crippen LogP contribution in [0, 0.1) is 22.7 Å². The van der Waals surface area contributed by atoms with Crippen LogP contribution in [0.3, 0.4) is 0 Å². The first-order valence-corrected chi connectivity index (χ1v) is 7.41. The van der Waals surface area contributed by atoms with E-state index in [1.807, 2.05) is 12.1 Å². The number of sulfonamides is 1. The highest BCUT2D eigenvalue weighted by molar-refractivity contribution is 7.89. The van der Waals surface area contributed by atoms with Gasteiger partial charge < -0.3 is 0 Å². The zero-order valence-electron chi connectivity index (χ0n) is 10.3. The molecule has 1 atom stereocenters. The molecule has 1 saturated heterocycles. The lowest BCUT2D eigenvalue weighted by Gasteiger charge is -2.19. The van der Waals surface area contributed by atoms with E-state index in [2.05, 4.69) is 0 Å². The predicted octanol–water partition coefficient (Wildman–Crippen LogP) is 1.43. The lowest BCUT2D eigenvalue weighted by molar-refractivity contribution is 0.437. The van der Waals surface area contributed by atoms with Gasteiger partial charge in [-0.15, -0.1) is 0 Å². The topological polar surface area (TPSA) is 85.0 Å². The zero-order valence-corrected chi connectivity index (χ0v) is 11.1. The number of benzene rings is 1. The minimum atomic E-state index is -3.60. The van der Waals surface area contributed by atoms with Crippen molar-refractivity contribution in [1.82, 2.24) is 4.31 Å². The second-order valence-electron chi connectivity index (χ2n) is 4.38. The smallest absolute Gasteiger partial charge is 0.207 e. The summed E-state index contributed by atoms with van der Waals surface area (Å²) in [6.45, 7) is 0.389. The summed E-state index contributed by atoms with van der Waals surface area (Å²) in [5, 5.41) is 17.5. The van der Waals surface area contributed by atoms with Crippen molar-refractivity contribution in [2.45, 2.75) is 30.2 Å². The highest BCUT2D eigenvalue weighted by atomic mass is 32.2. The molecule has 98 valence electrons. The maximum atomic E-state index is 12.4. The van der Waals surface area contributed by atoms with E-state index in [1.54, 1.807) is 12.1 Å². The second-order valence-corrected chi connectivity index (χ2v) is 6.27. The van der Waals surface area contributed by atoms with Gasteiger partial charge in [0.15, 0.2) is 0 Å². The van der Waals surface area contributed by atoms with E-state index in [9.17, 15) is 8.42 Å². The molecule has 0 N–H and O–H groups in total. The molecule has 0 amide bonds. The molecular weight excluding hydrogens is 262 g/mol. The van der Waals surface area contributed by atoms with Crippen LogP contribution in [0.25, 0.3) is 0 Å². The molecule has 1 aromatic rings. The Bertz CT molecular complexity index is 638. The van der Waals surface area contributed by atoms with E-state index in [0.717, 1.165) is 5.56 Å². The summed E-state index contributed by atoms with van der Waals surface area (Å²) in [7, 11) is -3.60. The van der Waals surface area contributed by atoms with Crippen molar-refractivity contribution in [3.8, 4) is 12.1 Å². The zero-order chi connectivity index (χ0) is 13.9. The van der Waals surface area contributed by atoms with Gasteiger partial charge in [0.2, 0.25) is 10.0 Å². The maximum Gasteiger partial charge on any atom is 0.244 e. The number of nitrogens with zero attached hydrogens (tertiary/aromatic N) is 3. The second kappa shape index (κ2) is 5.40. The average Bonchev–Trinajstić information content (AvgIpc) is 2.89. The van der Waals surface area contributed by atoms with Gasteiger partial charge in [0.05, 0.1) is 23.5 Å².